The van der Waals surface area contributed by atoms with E-state index in [1.54, 1.807) is 19.4 Å². The first kappa shape index (κ1) is 15.7. The van der Waals surface area contributed by atoms with Gasteiger partial charge in [-0.3, -0.25) is 0 Å². The molecule has 0 saturated carbocycles. The number of aryl methyl sites for hydroxylation is 1. The molecule has 3 aromatic rings. The fraction of sp³-hybridized carbons (Fsp3) is 0.250. The van der Waals surface area contributed by atoms with Gasteiger partial charge in [-0.25, -0.2) is 0 Å². The molecule has 2 aromatic heterocycles. The topological polar surface area (TPSA) is 98.0 Å². The summed E-state index contributed by atoms with van der Waals surface area (Å²) in [6.45, 7) is 2.53. The maximum Gasteiger partial charge on any atom is 0.250 e. The fourth-order valence-electron chi connectivity index (χ4n) is 2.14. The van der Waals surface area contributed by atoms with Gasteiger partial charge in [-0.05, 0) is 31.0 Å². The Labute approximate surface area is 139 Å². The van der Waals surface area contributed by atoms with Crippen LogP contribution in [0.1, 0.15) is 11.3 Å². The molecule has 2 heterocycles. The second-order valence-electron chi connectivity index (χ2n) is 5.14. The smallest absolute Gasteiger partial charge is 0.250 e. The largest absolute Gasteiger partial charge is 0.497 e. The van der Waals surface area contributed by atoms with Crippen molar-refractivity contribution >= 4 is 17.6 Å². The highest BCUT2D eigenvalue weighted by atomic mass is 16.5. The normalized spacial score (nSPS) is 10.4. The molecule has 0 spiro atoms. The summed E-state index contributed by atoms with van der Waals surface area (Å²) in [6, 6.07) is 9.73. The number of benzene rings is 1. The van der Waals surface area contributed by atoms with Gasteiger partial charge in [-0.1, -0.05) is 17.3 Å². The molecule has 0 aliphatic heterocycles. The Morgan fingerprint density at radius 3 is 2.92 bits per heavy atom. The maximum absolute atomic E-state index is 5.22. The predicted octanol–water partition coefficient (Wildman–Crippen LogP) is 2.57. The Kier molecular flexibility index (Phi) is 4.85. The summed E-state index contributed by atoms with van der Waals surface area (Å²) in [6.07, 6.45) is 2.41. The van der Waals surface area contributed by atoms with Crippen molar-refractivity contribution in [2.45, 2.75) is 13.3 Å². The van der Waals surface area contributed by atoms with E-state index in [1.807, 2.05) is 25.1 Å². The maximum atomic E-state index is 5.22. The number of rotatable bonds is 7. The summed E-state index contributed by atoms with van der Waals surface area (Å²) < 4.78 is 10.2. The van der Waals surface area contributed by atoms with Gasteiger partial charge in [-0.2, -0.15) is 10.1 Å². The van der Waals surface area contributed by atoms with Gasteiger partial charge in [0.15, 0.2) is 11.6 Å². The van der Waals surface area contributed by atoms with Crippen LogP contribution in [0.15, 0.2) is 41.1 Å². The third kappa shape index (κ3) is 4.19. The summed E-state index contributed by atoms with van der Waals surface area (Å²) in [7, 11) is 1.66. The zero-order chi connectivity index (χ0) is 16.8. The molecule has 2 N–H and O–H groups in total. The molecule has 0 bridgehead atoms. The SMILES string of the molecule is COc1cccc(CCNc2cnnc(Nc3cc(C)on3)n2)c1. The Balaban J connectivity index is 1.56. The van der Waals surface area contributed by atoms with Crippen LogP contribution in [0.5, 0.6) is 5.75 Å². The number of nitrogens with one attached hydrogen (secondary N) is 2. The van der Waals surface area contributed by atoms with Crippen molar-refractivity contribution in [3.8, 4) is 5.75 Å². The van der Waals surface area contributed by atoms with Crippen LogP contribution in [0, 0.1) is 6.92 Å². The van der Waals surface area contributed by atoms with Gasteiger partial charge in [0, 0.05) is 12.6 Å². The van der Waals surface area contributed by atoms with Crippen LogP contribution in [0.4, 0.5) is 17.6 Å². The molecule has 24 heavy (non-hydrogen) atoms. The van der Waals surface area contributed by atoms with E-state index in [0.29, 0.717) is 29.9 Å². The van der Waals surface area contributed by atoms with Gasteiger partial charge >= 0.3 is 0 Å². The van der Waals surface area contributed by atoms with Gasteiger partial charge in [0.05, 0.1) is 13.3 Å². The first-order valence-electron chi connectivity index (χ1n) is 7.50. The first-order valence-corrected chi connectivity index (χ1v) is 7.50. The van der Waals surface area contributed by atoms with Gasteiger partial charge in [0.1, 0.15) is 11.5 Å². The molecule has 8 nitrogen and oxygen atoms in total. The third-order valence-corrected chi connectivity index (χ3v) is 3.28. The zero-order valence-corrected chi connectivity index (χ0v) is 13.5. The number of hydrogen-bond acceptors (Lipinski definition) is 8. The molecular formula is C16H18N6O2. The minimum Gasteiger partial charge on any atom is -0.497 e. The van der Waals surface area contributed by atoms with Crippen molar-refractivity contribution in [1.82, 2.24) is 20.3 Å². The van der Waals surface area contributed by atoms with Crippen LogP contribution in [-0.4, -0.2) is 34.0 Å². The van der Waals surface area contributed by atoms with E-state index in [2.05, 4.69) is 37.0 Å². The number of methoxy groups -OCH3 is 1. The highest BCUT2D eigenvalue weighted by Crippen LogP contribution is 2.14. The number of nitrogens with zero attached hydrogens (tertiary/aromatic N) is 4. The summed E-state index contributed by atoms with van der Waals surface area (Å²) in [4.78, 5) is 4.34. The highest BCUT2D eigenvalue weighted by Gasteiger charge is 2.05. The van der Waals surface area contributed by atoms with Crippen LogP contribution in [0.2, 0.25) is 0 Å². The molecule has 0 unspecified atom stereocenters. The number of hydrogen-bond donors (Lipinski definition) is 2. The minimum atomic E-state index is 0.356. The summed E-state index contributed by atoms with van der Waals surface area (Å²) in [5.74, 6) is 3.09. The summed E-state index contributed by atoms with van der Waals surface area (Å²) >= 11 is 0. The van der Waals surface area contributed by atoms with E-state index in [9.17, 15) is 0 Å². The van der Waals surface area contributed by atoms with Crippen LogP contribution in [0.25, 0.3) is 0 Å². The number of ether oxygens (including phenoxy) is 1. The quantitative estimate of drug-likeness (QED) is 0.683. The summed E-state index contributed by atoms with van der Waals surface area (Å²) in [5.41, 5.74) is 1.18. The van der Waals surface area contributed by atoms with E-state index in [4.69, 9.17) is 9.26 Å². The summed E-state index contributed by atoms with van der Waals surface area (Å²) in [5, 5.41) is 17.8. The van der Waals surface area contributed by atoms with Crippen molar-refractivity contribution in [3.63, 3.8) is 0 Å². The standard InChI is InChI=1S/C16H18N6O2/c1-11-8-14(22-24-11)19-16-20-15(10-18-21-16)17-7-6-12-4-3-5-13(9-12)23-2/h3-5,8-10H,6-7H2,1-2H3,(H2,17,19,20,21,22). The minimum absolute atomic E-state index is 0.356. The van der Waals surface area contributed by atoms with Gasteiger partial charge in [0.2, 0.25) is 5.95 Å². The molecule has 8 heteroatoms. The Bertz CT molecular complexity index is 805. The Morgan fingerprint density at radius 2 is 2.12 bits per heavy atom. The van der Waals surface area contributed by atoms with E-state index in [1.165, 1.54) is 5.56 Å². The molecule has 124 valence electrons. The van der Waals surface area contributed by atoms with Crippen molar-refractivity contribution in [3.05, 3.63) is 47.9 Å². The first-order chi connectivity index (χ1) is 11.7. The molecule has 0 saturated heterocycles. The molecule has 0 fully saturated rings. The second-order valence-corrected chi connectivity index (χ2v) is 5.14. The van der Waals surface area contributed by atoms with Crippen molar-refractivity contribution in [2.75, 3.05) is 24.3 Å². The van der Waals surface area contributed by atoms with Crippen molar-refractivity contribution in [2.24, 2.45) is 0 Å². The predicted molar refractivity (Wildman–Crippen MR) is 89.5 cm³/mol. The Morgan fingerprint density at radius 1 is 1.21 bits per heavy atom. The lowest BCUT2D eigenvalue weighted by molar-refractivity contribution is 0.400. The third-order valence-electron chi connectivity index (χ3n) is 3.28. The second kappa shape index (κ2) is 7.40. The molecule has 0 aliphatic rings. The monoisotopic (exact) mass is 326 g/mol. The molecule has 0 aliphatic carbocycles. The van der Waals surface area contributed by atoms with Crippen LogP contribution in [0.3, 0.4) is 0 Å². The average molecular weight is 326 g/mol. The van der Waals surface area contributed by atoms with Gasteiger partial charge in [0.25, 0.3) is 0 Å². The lowest BCUT2D eigenvalue weighted by Crippen LogP contribution is -2.09. The van der Waals surface area contributed by atoms with Crippen molar-refractivity contribution in [1.29, 1.82) is 0 Å². The fourth-order valence-corrected chi connectivity index (χ4v) is 2.14. The van der Waals surface area contributed by atoms with Crippen molar-refractivity contribution < 1.29 is 9.26 Å². The van der Waals surface area contributed by atoms with Crippen LogP contribution < -0.4 is 15.4 Å². The van der Waals surface area contributed by atoms with E-state index >= 15 is 0 Å². The molecule has 0 amide bonds. The average Bonchev–Trinajstić information content (AvgIpc) is 3.00. The number of aromatic nitrogens is 4. The molecule has 3 rings (SSSR count). The van der Waals surface area contributed by atoms with Gasteiger partial charge < -0.3 is 19.9 Å². The molecule has 0 radical (unpaired) electrons. The van der Waals surface area contributed by atoms with Crippen LogP contribution >= 0.6 is 0 Å². The molecule has 0 atom stereocenters. The van der Waals surface area contributed by atoms with E-state index < -0.39 is 0 Å². The van der Waals surface area contributed by atoms with E-state index in [0.717, 1.165) is 12.2 Å². The van der Waals surface area contributed by atoms with E-state index in [-0.39, 0.29) is 0 Å². The van der Waals surface area contributed by atoms with Gasteiger partial charge in [-0.15, -0.1) is 5.10 Å². The highest BCUT2D eigenvalue weighted by molar-refractivity contribution is 5.48. The van der Waals surface area contributed by atoms with Crippen LogP contribution in [-0.2, 0) is 6.42 Å². The number of anilines is 3. The lowest BCUT2D eigenvalue weighted by Gasteiger charge is -2.07. The Hall–Kier alpha value is -3.16. The molecular weight excluding hydrogens is 308 g/mol. The lowest BCUT2D eigenvalue weighted by atomic mass is 10.1. The zero-order valence-electron chi connectivity index (χ0n) is 13.5. The molecule has 1 aromatic carbocycles.